The molecular formula is C15H16FeN2S-6. The second-order valence-corrected chi connectivity index (χ2v) is 4.80. The van der Waals surface area contributed by atoms with Gasteiger partial charge in [0.25, 0.3) is 0 Å². The molecule has 0 fully saturated rings. The maximum atomic E-state index is 4.02. The van der Waals surface area contributed by atoms with Crippen LogP contribution in [0.3, 0.4) is 0 Å². The Kier molecular flexibility index (Phi) is 8.10. The quantitative estimate of drug-likeness (QED) is 0.588. The minimum atomic E-state index is 0. The van der Waals surface area contributed by atoms with Crippen molar-refractivity contribution in [2.45, 2.75) is 13.1 Å². The largest absolute Gasteiger partial charge is 0.748 e. The van der Waals surface area contributed by atoms with Crippen LogP contribution in [0.4, 0.5) is 0 Å². The Bertz CT molecular complexity index is 435. The molecular weight excluding hydrogens is 296 g/mol. The molecule has 0 aliphatic heterocycles. The molecule has 0 amide bonds. The SMILES string of the molecule is [Fe].c1cc[cH-]c1.c1ncc(CNC[c-]2[cH-][cH-][cH-][cH-]2)s1. The van der Waals surface area contributed by atoms with Crippen LogP contribution in [0.2, 0.25) is 0 Å². The first-order valence-corrected chi connectivity index (χ1v) is 6.78. The van der Waals surface area contributed by atoms with Gasteiger partial charge in [-0.25, -0.2) is 12.1 Å². The van der Waals surface area contributed by atoms with E-state index in [4.69, 9.17) is 0 Å². The van der Waals surface area contributed by atoms with Crippen LogP contribution >= 0.6 is 11.3 Å². The molecule has 3 rings (SSSR count). The van der Waals surface area contributed by atoms with Crippen molar-refractivity contribution in [2.24, 2.45) is 0 Å². The van der Waals surface area contributed by atoms with Gasteiger partial charge in [0.05, 0.1) is 5.51 Å². The molecule has 3 aromatic rings. The van der Waals surface area contributed by atoms with Crippen LogP contribution in [0.1, 0.15) is 10.4 Å². The molecule has 2 aromatic carbocycles. The van der Waals surface area contributed by atoms with Gasteiger partial charge in [-0.2, -0.15) is 24.7 Å². The standard InChI is InChI=1S/C10H11N2S.C5H5.Fe/c1-2-4-9(3-1)5-11-6-10-7-12-8-13-10;1-2-4-5-3-1;/h1-4,7-8,11H,5-6H2;1-5H;/q-5;-1;. The Morgan fingerprint density at radius 3 is 2.47 bits per heavy atom. The molecule has 1 aromatic heterocycles. The van der Waals surface area contributed by atoms with Gasteiger partial charge in [0.2, 0.25) is 0 Å². The zero-order chi connectivity index (χ0) is 12.5. The molecule has 0 aliphatic carbocycles. The van der Waals surface area contributed by atoms with E-state index in [1.54, 1.807) is 11.3 Å². The Labute approximate surface area is 128 Å². The van der Waals surface area contributed by atoms with Crippen molar-refractivity contribution < 1.29 is 17.1 Å². The molecule has 0 saturated carbocycles. The van der Waals surface area contributed by atoms with E-state index in [1.165, 1.54) is 10.4 Å². The fraction of sp³-hybridized carbons (Fsp3) is 0.133. The second kappa shape index (κ2) is 9.70. The summed E-state index contributed by atoms with van der Waals surface area (Å²) in [6.45, 7) is 1.85. The molecule has 0 atom stereocenters. The molecule has 0 radical (unpaired) electrons. The van der Waals surface area contributed by atoms with Crippen LogP contribution in [-0.4, -0.2) is 4.98 Å². The van der Waals surface area contributed by atoms with Gasteiger partial charge in [-0.15, -0.1) is 11.3 Å². The second-order valence-electron chi connectivity index (χ2n) is 3.83. The Balaban J connectivity index is 0.000000256. The Morgan fingerprint density at radius 1 is 1.21 bits per heavy atom. The summed E-state index contributed by atoms with van der Waals surface area (Å²) in [7, 11) is 0. The van der Waals surface area contributed by atoms with Gasteiger partial charge in [0.1, 0.15) is 0 Å². The zero-order valence-corrected chi connectivity index (χ0v) is 12.4. The summed E-state index contributed by atoms with van der Waals surface area (Å²) >= 11 is 1.69. The molecule has 0 spiro atoms. The topological polar surface area (TPSA) is 24.9 Å². The van der Waals surface area contributed by atoms with Crippen LogP contribution in [0.25, 0.3) is 0 Å². The van der Waals surface area contributed by atoms with Gasteiger partial charge in [-0.3, -0.25) is 4.98 Å². The molecule has 1 N–H and O–H groups in total. The van der Waals surface area contributed by atoms with E-state index in [0.29, 0.717) is 0 Å². The summed E-state index contributed by atoms with van der Waals surface area (Å²) in [5.74, 6) is 0. The summed E-state index contributed by atoms with van der Waals surface area (Å²) in [6, 6.07) is 18.4. The van der Waals surface area contributed by atoms with Gasteiger partial charge in [-0.05, 0) is 0 Å². The van der Waals surface area contributed by atoms with E-state index in [1.807, 2.05) is 42.0 Å². The molecule has 0 aliphatic rings. The van der Waals surface area contributed by atoms with E-state index < -0.39 is 0 Å². The Hall–Kier alpha value is -1.19. The van der Waals surface area contributed by atoms with Crippen LogP contribution in [0.5, 0.6) is 0 Å². The number of hydrogen-bond donors (Lipinski definition) is 1. The first-order valence-electron chi connectivity index (χ1n) is 5.90. The average molecular weight is 312 g/mol. The Morgan fingerprint density at radius 2 is 1.95 bits per heavy atom. The summed E-state index contributed by atoms with van der Waals surface area (Å²) in [5, 5.41) is 3.36. The monoisotopic (exact) mass is 312 g/mol. The molecule has 4 heteroatoms. The fourth-order valence-corrected chi connectivity index (χ4v) is 2.08. The molecule has 2 nitrogen and oxygen atoms in total. The van der Waals surface area contributed by atoms with Gasteiger partial charge in [0.15, 0.2) is 0 Å². The maximum Gasteiger partial charge on any atom is 0.0794 e. The third kappa shape index (κ3) is 6.50. The van der Waals surface area contributed by atoms with E-state index in [2.05, 4.69) is 34.6 Å². The summed E-state index contributed by atoms with van der Waals surface area (Å²) < 4.78 is 0. The number of thiazole rings is 1. The number of hydrogen-bond acceptors (Lipinski definition) is 3. The van der Waals surface area contributed by atoms with Gasteiger partial charge in [0, 0.05) is 34.7 Å². The van der Waals surface area contributed by atoms with Crippen LogP contribution in [0.15, 0.2) is 66.3 Å². The first-order chi connectivity index (χ1) is 8.95. The van der Waals surface area contributed by atoms with Crippen molar-refractivity contribution in [1.29, 1.82) is 0 Å². The summed E-state index contributed by atoms with van der Waals surface area (Å²) in [6.07, 6.45) is 1.91. The number of aromatic nitrogens is 1. The first kappa shape index (κ1) is 15.9. The van der Waals surface area contributed by atoms with Crippen molar-refractivity contribution in [3.63, 3.8) is 0 Å². The molecule has 1 heterocycles. The third-order valence-corrected chi connectivity index (χ3v) is 3.18. The predicted molar refractivity (Wildman–Crippen MR) is 76.7 cm³/mol. The number of nitrogens with zero attached hydrogens (tertiary/aromatic N) is 1. The smallest absolute Gasteiger partial charge is 0.0794 e. The van der Waals surface area contributed by atoms with E-state index in [9.17, 15) is 0 Å². The predicted octanol–water partition coefficient (Wildman–Crippen LogP) is 3.55. The zero-order valence-electron chi connectivity index (χ0n) is 10.5. The van der Waals surface area contributed by atoms with Gasteiger partial charge < -0.3 is 35.1 Å². The van der Waals surface area contributed by atoms with Gasteiger partial charge >= 0.3 is 0 Å². The third-order valence-electron chi connectivity index (χ3n) is 2.40. The molecule has 0 bridgehead atoms. The van der Waals surface area contributed by atoms with E-state index in [0.717, 1.165) is 13.1 Å². The van der Waals surface area contributed by atoms with Crippen molar-refractivity contribution in [1.82, 2.24) is 10.3 Å². The van der Waals surface area contributed by atoms with Crippen molar-refractivity contribution in [3.05, 3.63) is 76.7 Å². The van der Waals surface area contributed by atoms with Crippen molar-refractivity contribution in [3.8, 4) is 0 Å². The van der Waals surface area contributed by atoms with Gasteiger partial charge in [-0.1, -0.05) is 0 Å². The summed E-state index contributed by atoms with van der Waals surface area (Å²) in [4.78, 5) is 5.30. The van der Waals surface area contributed by atoms with Crippen LogP contribution in [-0.2, 0) is 30.2 Å². The van der Waals surface area contributed by atoms with Crippen LogP contribution in [0, 0.1) is 0 Å². The molecule has 0 unspecified atom stereocenters. The van der Waals surface area contributed by atoms with E-state index >= 15 is 0 Å². The minimum absolute atomic E-state index is 0. The molecule has 19 heavy (non-hydrogen) atoms. The molecule has 106 valence electrons. The van der Waals surface area contributed by atoms with Crippen LogP contribution < -0.4 is 5.32 Å². The summed E-state index contributed by atoms with van der Waals surface area (Å²) in [5.41, 5.74) is 3.20. The minimum Gasteiger partial charge on any atom is -0.748 e. The number of rotatable bonds is 4. The number of nitrogens with one attached hydrogen (secondary N) is 1. The van der Waals surface area contributed by atoms with Crippen molar-refractivity contribution >= 4 is 11.3 Å². The average Bonchev–Trinajstić information content (AvgIpc) is 3.16. The van der Waals surface area contributed by atoms with Crippen molar-refractivity contribution in [2.75, 3.05) is 0 Å². The normalized spacial score (nSPS) is 9.26. The molecule has 0 saturated heterocycles. The van der Waals surface area contributed by atoms with E-state index in [-0.39, 0.29) is 17.1 Å². The fourth-order valence-electron chi connectivity index (χ4n) is 1.51. The maximum absolute atomic E-state index is 4.02.